The molecule has 3 heterocycles. The van der Waals surface area contributed by atoms with Crippen LogP contribution in [0, 0.1) is 5.92 Å². The summed E-state index contributed by atoms with van der Waals surface area (Å²) in [6.45, 7) is 0.787. The smallest absolute Gasteiger partial charge is 0.213 e. The lowest BCUT2D eigenvalue weighted by Crippen LogP contribution is -2.45. The van der Waals surface area contributed by atoms with Crippen LogP contribution in [-0.4, -0.2) is 53.8 Å². The minimum absolute atomic E-state index is 0.0418. The van der Waals surface area contributed by atoms with E-state index in [0.717, 1.165) is 36.2 Å². The molecular weight excluding hydrogens is 370 g/mol. The lowest BCUT2D eigenvalue weighted by Gasteiger charge is -2.36. The lowest BCUT2D eigenvalue weighted by molar-refractivity contribution is -0.0513. The molecule has 0 spiro atoms. The standard InChI is InChI=1S/C21H23N5O3/c27-13-14-5-6-22-20(11-14)29-19-10-15-9-18(19)25(12-15)21(28)16-3-1-2-4-17(16)26-23-7-8-24-26/h1-8,11,15,18-19,21,27-28H,9-10,12-13H2. The number of benzene rings is 1. The van der Waals surface area contributed by atoms with Gasteiger partial charge in [0.25, 0.3) is 0 Å². The normalized spacial score (nSPS) is 24.7. The number of nitrogens with zero attached hydrogens (tertiary/aromatic N) is 5. The zero-order chi connectivity index (χ0) is 19.8. The Bertz CT molecular complexity index is 980. The van der Waals surface area contributed by atoms with Crippen molar-refractivity contribution >= 4 is 0 Å². The molecule has 1 aromatic carbocycles. The average Bonchev–Trinajstić information content (AvgIpc) is 3.51. The molecule has 1 saturated heterocycles. The van der Waals surface area contributed by atoms with Crippen LogP contribution >= 0.6 is 0 Å². The van der Waals surface area contributed by atoms with Crippen LogP contribution in [0.4, 0.5) is 0 Å². The molecule has 4 atom stereocenters. The van der Waals surface area contributed by atoms with Crippen LogP contribution in [0.1, 0.15) is 30.2 Å². The van der Waals surface area contributed by atoms with Crippen molar-refractivity contribution < 1.29 is 14.9 Å². The monoisotopic (exact) mass is 393 g/mol. The second-order valence-electron chi connectivity index (χ2n) is 7.67. The SMILES string of the molecule is OCc1ccnc(OC2CC3CC2N(C(O)c2ccccc2-n2nccn2)C3)c1. The topological polar surface area (TPSA) is 96.5 Å². The molecular formula is C21H23N5O3. The number of aliphatic hydroxyl groups excluding tert-OH is 2. The first-order valence-electron chi connectivity index (χ1n) is 9.85. The summed E-state index contributed by atoms with van der Waals surface area (Å²) < 4.78 is 6.17. The molecule has 0 radical (unpaired) electrons. The van der Waals surface area contributed by atoms with Gasteiger partial charge in [-0.3, -0.25) is 4.90 Å². The van der Waals surface area contributed by atoms with E-state index in [0.29, 0.717) is 11.8 Å². The maximum atomic E-state index is 11.2. The van der Waals surface area contributed by atoms with E-state index in [2.05, 4.69) is 20.1 Å². The third-order valence-electron chi connectivity index (χ3n) is 5.88. The predicted molar refractivity (Wildman–Crippen MR) is 104 cm³/mol. The maximum absolute atomic E-state index is 11.2. The predicted octanol–water partition coefficient (Wildman–Crippen LogP) is 1.69. The molecule has 5 rings (SSSR count). The van der Waals surface area contributed by atoms with E-state index in [1.165, 1.54) is 4.80 Å². The molecule has 150 valence electrons. The molecule has 8 heteroatoms. The van der Waals surface area contributed by atoms with Crippen molar-refractivity contribution in [3.05, 3.63) is 66.1 Å². The maximum Gasteiger partial charge on any atom is 0.213 e. The Labute approximate surface area is 168 Å². The molecule has 2 bridgehead atoms. The van der Waals surface area contributed by atoms with Crippen LogP contribution in [0.2, 0.25) is 0 Å². The van der Waals surface area contributed by atoms with Gasteiger partial charge in [-0.15, -0.1) is 0 Å². The van der Waals surface area contributed by atoms with E-state index in [9.17, 15) is 10.2 Å². The highest BCUT2D eigenvalue weighted by Gasteiger charge is 2.49. The van der Waals surface area contributed by atoms with Gasteiger partial charge >= 0.3 is 0 Å². The highest BCUT2D eigenvalue weighted by molar-refractivity contribution is 5.40. The molecule has 0 amide bonds. The Hall–Kier alpha value is -2.81. The number of rotatable bonds is 6. The number of piperidine rings is 1. The van der Waals surface area contributed by atoms with Crippen LogP contribution < -0.4 is 4.74 Å². The Morgan fingerprint density at radius 2 is 1.93 bits per heavy atom. The molecule has 8 nitrogen and oxygen atoms in total. The average molecular weight is 393 g/mol. The van der Waals surface area contributed by atoms with Gasteiger partial charge in [0, 0.05) is 30.4 Å². The number of pyridine rings is 1. The molecule has 4 unspecified atom stereocenters. The van der Waals surface area contributed by atoms with Crippen LogP contribution in [-0.2, 0) is 6.61 Å². The quantitative estimate of drug-likeness (QED) is 0.658. The molecule has 1 aliphatic heterocycles. The second kappa shape index (κ2) is 7.55. The molecule has 1 saturated carbocycles. The van der Waals surface area contributed by atoms with Crippen molar-refractivity contribution in [3.8, 4) is 11.6 Å². The molecule has 2 aliphatic rings. The van der Waals surface area contributed by atoms with Gasteiger partial charge in [0.15, 0.2) is 0 Å². The fourth-order valence-corrected chi connectivity index (χ4v) is 4.59. The first-order valence-corrected chi connectivity index (χ1v) is 9.85. The molecule has 2 fully saturated rings. The van der Waals surface area contributed by atoms with Gasteiger partial charge in [0.2, 0.25) is 5.88 Å². The van der Waals surface area contributed by atoms with E-state index in [1.54, 1.807) is 30.7 Å². The van der Waals surface area contributed by atoms with Crippen molar-refractivity contribution in [1.29, 1.82) is 0 Å². The molecule has 2 N–H and O–H groups in total. The highest BCUT2D eigenvalue weighted by atomic mass is 16.5. The number of aromatic nitrogens is 4. The zero-order valence-electron chi connectivity index (χ0n) is 15.9. The van der Waals surface area contributed by atoms with Gasteiger partial charge < -0.3 is 14.9 Å². The summed E-state index contributed by atoms with van der Waals surface area (Å²) in [4.78, 5) is 7.92. The number of hydrogen-bond acceptors (Lipinski definition) is 7. The van der Waals surface area contributed by atoms with Gasteiger partial charge in [0.1, 0.15) is 12.3 Å². The van der Waals surface area contributed by atoms with Crippen LogP contribution in [0.5, 0.6) is 5.88 Å². The van der Waals surface area contributed by atoms with E-state index >= 15 is 0 Å². The van der Waals surface area contributed by atoms with Crippen molar-refractivity contribution in [2.24, 2.45) is 5.92 Å². The molecule has 3 aromatic rings. The first-order chi connectivity index (χ1) is 14.2. The lowest BCUT2D eigenvalue weighted by atomic mass is 10.0. The number of fused-ring (bicyclic) bond motifs is 2. The highest BCUT2D eigenvalue weighted by Crippen LogP contribution is 2.43. The van der Waals surface area contributed by atoms with E-state index in [4.69, 9.17) is 4.74 Å². The summed E-state index contributed by atoms with van der Waals surface area (Å²) in [6.07, 6.45) is 6.02. The Balaban J connectivity index is 1.37. The van der Waals surface area contributed by atoms with Gasteiger partial charge in [-0.05, 0) is 36.5 Å². The fraction of sp³-hybridized carbons (Fsp3) is 0.381. The van der Waals surface area contributed by atoms with Gasteiger partial charge in [-0.25, -0.2) is 4.98 Å². The van der Waals surface area contributed by atoms with E-state index < -0.39 is 6.23 Å². The minimum Gasteiger partial charge on any atom is -0.473 e. The van der Waals surface area contributed by atoms with Crippen molar-refractivity contribution in [3.63, 3.8) is 0 Å². The number of para-hydroxylation sites is 1. The summed E-state index contributed by atoms with van der Waals surface area (Å²) >= 11 is 0. The van der Waals surface area contributed by atoms with Crippen molar-refractivity contribution in [2.75, 3.05) is 6.54 Å². The summed E-state index contributed by atoms with van der Waals surface area (Å²) in [6, 6.07) is 11.3. The van der Waals surface area contributed by atoms with Crippen LogP contribution in [0.3, 0.4) is 0 Å². The Morgan fingerprint density at radius 3 is 2.72 bits per heavy atom. The van der Waals surface area contributed by atoms with E-state index in [1.807, 2.05) is 24.3 Å². The second-order valence-corrected chi connectivity index (χ2v) is 7.67. The third kappa shape index (κ3) is 3.39. The van der Waals surface area contributed by atoms with Crippen LogP contribution in [0.25, 0.3) is 5.69 Å². The van der Waals surface area contributed by atoms with Gasteiger partial charge in [0.05, 0.1) is 24.7 Å². The summed E-state index contributed by atoms with van der Waals surface area (Å²) in [5.41, 5.74) is 2.31. The summed E-state index contributed by atoms with van der Waals surface area (Å²) in [5, 5.41) is 29.0. The summed E-state index contributed by atoms with van der Waals surface area (Å²) in [5.74, 6) is 1.00. The Kier molecular flexibility index (Phi) is 4.75. The zero-order valence-corrected chi connectivity index (χ0v) is 15.9. The third-order valence-corrected chi connectivity index (χ3v) is 5.88. The van der Waals surface area contributed by atoms with E-state index in [-0.39, 0.29) is 18.8 Å². The van der Waals surface area contributed by atoms with Crippen LogP contribution in [0.15, 0.2) is 55.0 Å². The van der Waals surface area contributed by atoms with Gasteiger partial charge in [-0.2, -0.15) is 15.0 Å². The van der Waals surface area contributed by atoms with Crippen molar-refractivity contribution in [1.82, 2.24) is 24.9 Å². The number of aliphatic hydroxyl groups is 2. The number of hydrogen-bond donors (Lipinski definition) is 2. The Morgan fingerprint density at radius 1 is 1.10 bits per heavy atom. The minimum atomic E-state index is -0.768. The summed E-state index contributed by atoms with van der Waals surface area (Å²) in [7, 11) is 0. The molecule has 29 heavy (non-hydrogen) atoms. The fourth-order valence-electron chi connectivity index (χ4n) is 4.59. The first kappa shape index (κ1) is 18.2. The number of likely N-dealkylation sites (tertiary alicyclic amines) is 1. The largest absolute Gasteiger partial charge is 0.473 e. The van der Waals surface area contributed by atoms with Crippen molar-refractivity contribution in [2.45, 2.75) is 37.8 Å². The van der Waals surface area contributed by atoms with Gasteiger partial charge in [-0.1, -0.05) is 18.2 Å². The number of ether oxygens (including phenoxy) is 1. The molecule has 1 aliphatic carbocycles. The molecule has 2 aromatic heterocycles.